The first-order valence-electron chi connectivity index (χ1n) is 8.43. The highest BCUT2D eigenvalue weighted by atomic mass is 16.5. The van der Waals surface area contributed by atoms with Crippen LogP contribution >= 0.6 is 0 Å². The average Bonchev–Trinajstić information content (AvgIpc) is 2.65. The molecule has 132 valence electrons. The molecule has 0 aliphatic heterocycles. The molecule has 5 nitrogen and oxygen atoms in total. The predicted molar refractivity (Wildman–Crippen MR) is 97.8 cm³/mol. The number of carbonyl (C=O) groups excluding carboxylic acids is 2. The van der Waals surface area contributed by atoms with Gasteiger partial charge in [-0.2, -0.15) is 0 Å². The summed E-state index contributed by atoms with van der Waals surface area (Å²) >= 11 is 0. The molecule has 2 N–H and O–H groups in total. The standard InChI is InChI=1S/C20H24N2O3/c1-3-25-18-11-9-17(10-12-18)20(24)22-14-19(23)21-13-15(2)16-7-5-4-6-8-16/h4-12,15H,3,13-14H2,1-2H3,(H,21,23)(H,22,24)/t15-/m0/s1. The van der Waals surface area contributed by atoms with Crippen LogP contribution in [0.5, 0.6) is 5.75 Å². The summed E-state index contributed by atoms with van der Waals surface area (Å²) in [6.07, 6.45) is 0. The van der Waals surface area contributed by atoms with Gasteiger partial charge in [0.1, 0.15) is 5.75 Å². The molecule has 5 heteroatoms. The fraction of sp³-hybridized carbons (Fsp3) is 0.300. The highest BCUT2D eigenvalue weighted by Gasteiger charge is 2.10. The summed E-state index contributed by atoms with van der Waals surface area (Å²) in [7, 11) is 0. The second-order valence-electron chi connectivity index (χ2n) is 5.76. The van der Waals surface area contributed by atoms with Gasteiger partial charge in [0.2, 0.25) is 5.91 Å². The lowest BCUT2D eigenvalue weighted by atomic mass is 10.0. The molecule has 0 bridgehead atoms. The van der Waals surface area contributed by atoms with E-state index in [1.165, 1.54) is 5.56 Å². The van der Waals surface area contributed by atoms with Gasteiger partial charge in [-0.05, 0) is 42.7 Å². The molecule has 0 saturated carbocycles. The molecular formula is C20H24N2O3. The summed E-state index contributed by atoms with van der Waals surface area (Å²) in [5.74, 6) is 0.440. The van der Waals surface area contributed by atoms with Crippen molar-refractivity contribution in [3.63, 3.8) is 0 Å². The maximum atomic E-state index is 12.0. The smallest absolute Gasteiger partial charge is 0.251 e. The van der Waals surface area contributed by atoms with E-state index in [0.717, 1.165) is 0 Å². The van der Waals surface area contributed by atoms with Crippen LogP contribution in [0.15, 0.2) is 54.6 Å². The topological polar surface area (TPSA) is 67.4 Å². The summed E-state index contributed by atoms with van der Waals surface area (Å²) in [6.45, 7) is 5.01. The molecular weight excluding hydrogens is 316 g/mol. The zero-order valence-electron chi connectivity index (χ0n) is 14.6. The van der Waals surface area contributed by atoms with Crippen LogP contribution in [0, 0.1) is 0 Å². The third-order valence-electron chi connectivity index (χ3n) is 3.81. The van der Waals surface area contributed by atoms with Crippen molar-refractivity contribution in [3.05, 3.63) is 65.7 Å². The zero-order chi connectivity index (χ0) is 18.1. The SMILES string of the molecule is CCOc1ccc(C(=O)NCC(=O)NC[C@H](C)c2ccccc2)cc1. The predicted octanol–water partition coefficient (Wildman–Crippen LogP) is 2.74. The molecule has 0 aliphatic rings. The number of nitrogens with one attached hydrogen (secondary N) is 2. The normalized spacial score (nSPS) is 11.4. The molecule has 2 aromatic rings. The van der Waals surface area contributed by atoms with E-state index in [1.54, 1.807) is 24.3 Å². The monoisotopic (exact) mass is 340 g/mol. The summed E-state index contributed by atoms with van der Waals surface area (Å²) < 4.78 is 5.33. The molecule has 25 heavy (non-hydrogen) atoms. The van der Waals surface area contributed by atoms with Gasteiger partial charge >= 0.3 is 0 Å². The Hall–Kier alpha value is -2.82. The summed E-state index contributed by atoms with van der Waals surface area (Å²) in [6, 6.07) is 16.8. The van der Waals surface area contributed by atoms with Crippen molar-refractivity contribution in [1.29, 1.82) is 0 Å². The minimum atomic E-state index is -0.283. The number of benzene rings is 2. The fourth-order valence-corrected chi connectivity index (χ4v) is 2.36. The fourth-order valence-electron chi connectivity index (χ4n) is 2.36. The number of hydrogen-bond acceptors (Lipinski definition) is 3. The summed E-state index contributed by atoms with van der Waals surface area (Å²) in [4.78, 5) is 24.0. The lowest BCUT2D eigenvalue weighted by molar-refractivity contribution is -0.120. The minimum Gasteiger partial charge on any atom is -0.494 e. The van der Waals surface area contributed by atoms with Crippen LogP contribution in [-0.4, -0.2) is 31.5 Å². The first-order valence-corrected chi connectivity index (χ1v) is 8.43. The van der Waals surface area contributed by atoms with E-state index in [0.29, 0.717) is 24.5 Å². The molecule has 0 aromatic heterocycles. The van der Waals surface area contributed by atoms with Gasteiger partial charge in [-0.3, -0.25) is 9.59 Å². The molecule has 0 unspecified atom stereocenters. The van der Waals surface area contributed by atoms with Gasteiger partial charge in [-0.15, -0.1) is 0 Å². The molecule has 0 fully saturated rings. The van der Waals surface area contributed by atoms with Crippen molar-refractivity contribution in [2.75, 3.05) is 19.7 Å². The Balaban J connectivity index is 1.74. The van der Waals surface area contributed by atoms with E-state index in [9.17, 15) is 9.59 Å². The minimum absolute atomic E-state index is 0.0481. The van der Waals surface area contributed by atoms with Gasteiger partial charge in [-0.25, -0.2) is 0 Å². The Bertz CT molecular complexity index is 684. The second-order valence-corrected chi connectivity index (χ2v) is 5.76. The Morgan fingerprint density at radius 1 is 1.00 bits per heavy atom. The van der Waals surface area contributed by atoms with Crippen molar-refractivity contribution < 1.29 is 14.3 Å². The summed E-state index contributed by atoms with van der Waals surface area (Å²) in [5, 5.41) is 5.46. The van der Waals surface area contributed by atoms with Crippen LogP contribution in [0.1, 0.15) is 35.7 Å². The van der Waals surface area contributed by atoms with Crippen LogP contribution < -0.4 is 15.4 Å². The van der Waals surface area contributed by atoms with E-state index in [1.807, 2.05) is 44.2 Å². The van der Waals surface area contributed by atoms with Crippen LogP contribution in [0.4, 0.5) is 0 Å². The number of amides is 2. The van der Waals surface area contributed by atoms with Crippen molar-refractivity contribution in [2.24, 2.45) is 0 Å². The maximum Gasteiger partial charge on any atom is 0.251 e. The maximum absolute atomic E-state index is 12.0. The third kappa shape index (κ3) is 5.95. The van der Waals surface area contributed by atoms with Crippen molar-refractivity contribution in [1.82, 2.24) is 10.6 Å². The largest absolute Gasteiger partial charge is 0.494 e. The molecule has 0 aliphatic carbocycles. The van der Waals surface area contributed by atoms with Gasteiger partial charge in [0.15, 0.2) is 0 Å². The number of ether oxygens (including phenoxy) is 1. The molecule has 0 spiro atoms. The Morgan fingerprint density at radius 2 is 1.68 bits per heavy atom. The molecule has 0 radical (unpaired) electrons. The molecule has 2 amide bonds. The number of hydrogen-bond donors (Lipinski definition) is 2. The molecule has 0 saturated heterocycles. The Kier molecular flexibility index (Phi) is 7.01. The van der Waals surface area contributed by atoms with E-state index in [-0.39, 0.29) is 24.3 Å². The highest BCUT2D eigenvalue weighted by molar-refractivity contribution is 5.96. The van der Waals surface area contributed by atoms with Gasteiger partial charge < -0.3 is 15.4 Å². The molecule has 0 heterocycles. The van der Waals surface area contributed by atoms with Crippen LogP contribution in [0.2, 0.25) is 0 Å². The molecule has 2 aromatic carbocycles. The quantitative estimate of drug-likeness (QED) is 0.776. The van der Waals surface area contributed by atoms with Gasteiger partial charge in [0, 0.05) is 12.1 Å². The van der Waals surface area contributed by atoms with E-state index >= 15 is 0 Å². The van der Waals surface area contributed by atoms with Gasteiger partial charge in [-0.1, -0.05) is 37.3 Å². The van der Waals surface area contributed by atoms with E-state index < -0.39 is 0 Å². The summed E-state index contributed by atoms with van der Waals surface area (Å²) in [5.41, 5.74) is 1.66. The Morgan fingerprint density at radius 3 is 2.32 bits per heavy atom. The molecule has 2 rings (SSSR count). The zero-order valence-corrected chi connectivity index (χ0v) is 14.6. The van der Waals surface area contributed by atoms with Gasteiger partial charge in [0.25, 0.3) is 5.91 Å². The lowest BCUT2D eigenvalue weighted by Gasteiger charge is -2.13. The van der Waals surface area contributed by atoms with Crippen molar-refractivity contribution in [3.8, 4) is 5.75 Å². The first-order chi connectivity index (χ1) is 12.1. The van der Waals surface area contributed by atoms with Crippen molar-refractivity contribution in [2.45, 2.75) is 19.8 Å². The average molecular weight is 340 g/mol. The van der Waals surface area contributed by atoms with Crippen LogP contribution in [0.3, 0.4) is 0 Å². The van der Waals surface area contributed by atoms with Crippen molar-refractivity contribution >= 4 is 11.8 Å². The number of carbonyl (C=O) groups is 2. The Labute approximate surface area is 148 Å². The lowest BCUT2D eigenvalue weighted by Crippen LogP contribution is -2.38. The second kappa shape index (κ2) is 9.47. The number of rotatable bonds is 8. The van der Waals surface area contributed by atoms with E-state index in [2.05, 4.69) is 10.6 Å². The van der Waals surface area contributed by atoms with Gasteiger partial charge in [0.05, 0.1) is 13.2 Å². The third-order valence-corrected chi connectivity index (χ3v) is 3.81. The first kappa shape index (κ1) is 18.5. The van der Waals surface area contributed by atoms with Crippen LogP contribution in [0.25, 0.3) is 0 Å². The van der Waals surface area contributed by atoms with E-state index in [4.69, 9.17) is 4.74 Å². The molecule has 1 atom stereocenters. The van der Waals surface area contributed by atoms with Crippen LogP contribution in [-0.2, 0) is 4.79 Å². The highest BCUT2D eigenvalue weighted by Crippen LogP contribution is 2.13.